The fourth-order valence-corrected chi connectivity index (χ4v) is 1.80. The summed E-state index contributed by atoms with van der Waals surface area (Å²) < 4.78 is 6.88. The molecule has 1 heterocycles. The topological polar surface area (TPSA) is 93.9 Å². The van der Waals surface area contributed by atoms with Crippen LogP contribution in [0.15, 0.2) is 30.6 Å². The molecule has 1 aromatic carbocycles. The van der Waals surface area contributed by atoms with Crippen LogP contribution in [0.4, 0.5) is 0 Å². The van der Waals surface area contributed by atoms with Gasteiger partial charge in [-0.3, -0.25) is 9.48 Å². The molecular formula is C14H14N4O2. The third-order valence-corrected chi connectivity index (χ3v) is 2.87. The van der Waals surface area contributed by atoms with E-state index in [4.69, 9.17) is 15.7 Å². The monoisotopic (exact) mass is 270 g/mol. The molecule has 0 aliphatic carbocycles. The van der Waals surface area contributed by atoms with Crippen molar-refractivity contribution in [2.75, 3.05) is 6.61 Å². The number of primary amides is 1. The van der Waals surface area contributed by atoms with E-state index in [-0.39, 0.29) is 6.61 Å². The van der Waals surface area contributed by atoms with Crippen LogP contribution in [0.1, 0.15) is 21.5 Å². The standard InChI is InChI=1S/C14H14N4O2/c1-10-6-13(20-5-4-15)3-2-11(10)8-18-9-12(7-17-18)14(16)19/h2-3,6-7,9H,5,8H2,1H3,(H2,16,19). The number of nitriles is 1. The van der Waals surface area contributed by atoms with Crippen LogP contribution in [0.2, 0.25) is 0 Å². The molecule has 1 amide bonds. The molecule has 2 aromatic rings. The molecule has 0 saturated heterocycles. The van der Waals surface area contributed by atoms with Crippen molar-refractivity contribution in [3.8, 4) is 11.8 Å². The summed E-state index contributed by atoms with van der Waals surface area (Å²) >= 11 is 0. The smallest absolute Gasteiger partial charge is 0.251 e. The number of rotatable bonds is 5. The summed E-state index contributed by atoms with van der Waals surface area (Å²) in [4.78, 5) is 11.0. The molecule has 6 heteroatoms. The lowest BCUT2D eigenvalue weighted by atomic mass is 10.1. The highest BCUT2D eigenvalue weighted by Gasteiger charge is 2.06. The summed E-state index contributed by atoms with van der Waals surface area (Å²) in [6.45, 7) is 2.52. The third kappa shape index (κ3) is 3.14. The van der Waals surface area contributed by atoms with Crippen LogP contribution < -0.4 is 10.5 Å². The molecule has 0 atom stereocenters. The van der Waals surface area contributed by atoms with Crippen molar-refractivity contribution in [2.45, 2.75) is 13.5 Å². The number of hydrogen-bond acceptors (Lipinski definition) is 4. The minimum absolute atomic E-state index is 0.0277. The Kier molecular flexibility index (Phi) is 4.01. The van der Waals surface area contributed by atoms with Gasteiger partial charge in [0.1, 0.15) is 11.8 Å². The van der Waals surface area contributed by atoms with Gasteiger partial charge in [-0.05, 0) is 30.2 Å². The molecule has 0 spiro atoms. The predicted octanol–water partition coefficient (Wildman–Crippen LogP) is 1.24. The number of amides is 1. The Morgan fingerprint density at radius 1 is 1.55 bits per heavy atom. The molecular weight excluding hydrogens is 256 g/mol. The number of carbonyl (C=O) groups is 1. The molecule has 1 aromatic heterocycles. The fourth-order valence-electron chi connectivity index (χ4n) is 1.80. The van der Waals surface area contributed by atoms with E-state index in [0.29, 0.717) is 17.9 Å². The molecule has 2 rings (SSSR count). The molecule has 0 aliphatic heterocycles. The minimum atomic E-state index is -0.492. The Morgan fingerprint density at radius 3 is 2.95 bits per heavy atom. The van der Waals surface area contributed by atoms with Crippen molar-refractivity contribution < 1.29 is 9.53 Å². The number of benzene rings is 1. The SMILES string of the molecule is Cc1cc(OCC#N)ccc1Cn1cc(C(N)=O)cn1. The van der Waals surface area contributed by atoms with Crippen LogP contribution >= 0.6 is 0 Å². The van der Waals surface area contributed by atoms with Gasteiger partial charge >= 0.3 is 0 Å². The zero-order valence-corrected chi connectivity index (χ0v) is 11.0. The van der Waals surface area contributed by atoms with Crippen molar-refractivity contribution in [2.24, 2.45) is 5.73 Å². The first-order chi connectivity index (χ1) is 9.60. The molecule has 0 bridgehead atoms. The zero-order chi connectivity index (χ0) is 14.5. The molecule has 102 valence electrons. The van der Waals surface area contributed by atoms with Gasteiger partial charge in [-0.1, -0.05) is 6.07 Å². The number of nitrogens with two attached hydrogens (primary N) is 1. The number of hydrogen-bond donors (Lipinski definition) is 1. The van der Waals surface area contributed by atoms with Crippen molar-refractivity contribution >= 4 is 5.91 Å². The van der Waals surface area contributed by atoms with E-state index in [2.05, 4.69) is 5.10 Å². The van der Waals surface area contributed by atoms with Crippen LogP contribution in [-0.4, -0.2) is 22.3 Å². The maximum absolute atomic E-state index is 11.0. The number of aromatic nitrogens is 2. The predicted molar refractivity (Wildman–Crippen MR) is 72.1 cm³/mol. The van der Waals surface area contributed by atoms with E-state index >= 15 is 0 Å². The van der Waals surface area contributed by atoms with E-state index in [1.165, 1.54) is 6.20 Å². The third-order valence-electron chi connectivity index (χ3n) is 2.87. The quantitative estimate of drug-likeness (QED) is 0.884. The molecule has 20 heavy (non-hydrogen) atoms. The number of aryl methyl sites for hydroxylation is 1. The van der Waals surface area contributed by atoms with Gasteiger partial charge in [-0.2, -0.15) is 10.4 Å². The minimum Gasteiger partial charge on any atom is -0.479 e. The molecule has 0 aliphatic rings. The van der Waals surface area contributed by atoms with Gasteiger partial charge < -0.3 is 10.5 Å². The van der Waals surface area contributed by atoms with E-state index in [1.807, 2.05) is 25.1 Å². The lowest BCUT2D eigenvalue weighted by Crippen LogP contribution is -2.09. The molecule has 0 fully saturated rings. The number of ether oxygens (including phenoxy) is 1. The molecule has 2 N–H and O–H groups in total. The van der Waals surface area contributed by atoms with E-state index in [0.717, 1.165) is 11.1 Å². The summed E-state index contributed by atoms with van der Waals surface area (Å²) in [5.41, 5.74) is 7.64. The first-order valence-electron chi connectivity index (χ1n) is 6.01. The van der Waals surface area contributed by atoms with Gasteiger partial charge in [0.05, 0.1) is 18.3 Å². The largest absolute Gasteiger partial charge is 0.479 e. The normalized spacial score (nSPS) is 10.0. The first kappa shape index (κ1) is 13.6. The van der Waals surface area contributed by atoms with E-state index in [9.17, 15) is 4.79 Å². The average Bonchev–Trinajstić information content (AvgIpc) is 2.88. The van der Waals surface area contributed by atoms with Gasteiger partial charge in [0.25, 0.3) is 5.91 Å². The van der Waals surface area contributed by atoms with Gasteiger partial charge in [0.2, 0.25) is 0 Å². The summed E-state index contributed by atoms with van der Waals surface area (Å²) in [7, 11) is 0. The van der Waals surface area contributed by atoms with Crippen molar-refractivity contribution in [1.29, 1.82) is 5.26 Å². The van der Waals surface area contributed by atoms with Crippen LogP contribution in [0.3, 0.4) is 0 Å². The lowest BCUT2D eigenvalue weighted by Gasteiger charge is -2.08. The van der Waals surface area contributed by atoms with E-state index in [1.54, 1.807) is 16.9 Å². The Balaban J connectivity index is 2.13. The second kappa shape index (κ2) is 5.89. The number of carbonyl (C=O) groups excluding carboxylic acids is 1. The van der Waals surface area contributed by atoms with Crippen LogP contribution in [0.25, 0.3) is 0 Å². The summed E-state index contributed by atoms with van der Waals surface area (Å²) in [5, 5.41) is 12.6. The zero-order valence-electron chi connectivity index (χ0n) is 11.0. The summed E-state index contributed by atoms with van der Waals surface area (Å²) in [6, 6.07) is 7.50. The Morgan fingerprint density at radius 2 is 2.35 bits per heavy atom. The maximum atomic E-state index is 11.0. The summed E-state index contributed by atoms with van der Waals surface area (Å²) in [6.07, 6.45) is 3.06. The van der Waals surface area contributed by atoms with E-state index < -0.39 is 5.91 Å². The highest BCUT2D eigenvalue weighted by atomic mass is 16.5. The van der Waals surface area contributed by atoms with Crippen LogP contribution in [0.5, 0.6) is 5.75 Å². The van der Waals surface area contributed by atoms with Crippen molar-refractivity contribution in [3.05, 3.63) is 47.3 Å². The van der Waals surface area contributed by atoms with Gasteiger partial charge in [-0.15, -0.1) is 0 Å². The number of nitrogens with zero attached hydrogens (tertiary/aromatic N) is 3. The Hall–Kier alpha value is -2.81. The first-order valence-corrected chi connectivity index (χ1v) is 6.01. The van der Waals surface area contributed by atoms with Gasteiger partial charge in [-0.25, -0.2) is 0 Å². The fraction of sp³-hybridized carbons (Fsp3) is 0.214. The second-order valence-electron chi connectivity index (χ2n) is 4.33. The van der Waals surface area contributed by atoms with Gasteiger partial charge in [0, 0.05) is 6.20 Å². The maximum Gasteiger partial charge on any atom is 0.251 e. The van der Waals surface area contributed by atoms with Crippen LogP contribution in [0, 0.1) is 18.3 Å². The Bertz CT molecular complexity index is 670. The average molecular weight is 270 g/mol. The summed E-state index contributed by atoms with van der Waals surface area (Å²) in [5.74, 6) is 0.166. The molecule has 0 unspecified atom stereocenters. The van der Waals surface area contributed by atoms with Crippen molar-refractivity contribution in [1.82, 2.24) is 9.78 Å². The second-order valence-corrected chi connectivity index (χ2v) is 4.33. The lowest BCUT2D eigenvalue weighted by molar-refractivity contribution is 0.1000. The van der Waals surface area contributed by atoms with Crippen molar-refractivity contribution in [3.63, 3.8) is 0 Å². The molecule has 6 nitrogen and oxygen atoms in total. The highest BCUT2D eigenvalue weighted by Crippen LogP contribution is 2.18. The Labute approximate surface area is 116 Å². The molecule has 0 radical (unpaired) electrons. The molecule has 0 saturated carbocycles. The van der Waals surface area contributed by atoms with Gasteiger partial charge in [0.15, 0.2) is 6.61 Å². The van der Waals surface area contributed by atoms with Crippen LogP contribution in [-0.2, 0) is 6.54 Å². The highest BCUT2D eigenvalue weighted by molar-refractivity contribution is 5.92.